The van der Waals surface area contributed by atoms with E-state index in [0.717, 1.165) is 0 Å². The zero-order valence-electron chi connectivity index (χ0n) is 7.32. The zero-order valence-corrected chi connectivity index (χ0v) is 7.32. The summed E-state index contributed by atoms with van der Waals surface area (Å²) in [6, 6.07) is 0. The molecule has 0 rings (SSSR count). The highest BCUT2D eigenvalue weighted by Crippen LogP contribution is 2.02. The highest BCUT2D eigenvalue weighted by atomic mass is 16.5. The number of ether oxygens (including phenoxy) is 1. The Kier molecular flexibility index (Phi) is 4.76. The van der Waals surface area contributed by atoms with E-state index in [2.05, 4.69) is 11.3 Å². The fraction of sp³-hybridized carbons (Fsp3) is 0.500. The number of aliphatic carboxylic acids is 1. The monoisotopic (exact) mass is 188 g/mol. The molecular formula is C8H12O5. The lowest BCUT2D eigenvalue weighted by atomic mass is 10.2. The SMILES string of the molecule is C=C(CC(=O)OC(C)CO)C(=O)O. The minimum Gasteiger partial charge on any atom is -0.478 e. The van der Waals surface area contributed by atoms with Crippen molar-refractivity contribution >= 4 is 11.9 Å². The summed E-state index contributed by atoms with van der Waals surface area (Å²) in [5, 5.41) is 16.9. The van der Waals surface area contributed by atoms with E-state index >= 15 is 0 Å². The Hall–Kier alpha value is -1.36. The van der Waals surface area contributed by atoms with E-state index in [4.69, 9.17) is 10.2 Å². The van der Waals surface area contributed by atoms with Gasteiger partial charge < -0.3 is 14.9 Å². The van der Waals surface area contributed by atoms with Gasteiger partial charge in [-0.15, -0.1) is 0 Å². The van der Waals surface area contributed by atoms with Gasteiger partial charge in [0.1, 0.15) is 6.10 Å². The number of carboxylic acid groups (broad SMARTS) is 1. The van der Waals surface area contributed by atoms with E-state index in [1.165, 1.54) is 6.92 Å². The van der Waals surface area contributed by atoms with Crippen molar-refractivity contribution in [3.05, 3.63) is 12.2 Å². The second kappa shape index (κ2) is 5.31. The third-order valence-electron chi connectivity index (χ3n) is 1.25. The second-order valence-corrected chi connectivity index (χ2v) is 2.57. The van der Waals surface area contributed by atoms with Crippen LogP contribution in [0.4, 0.5) is 0 Å². The molecule has 0 fully saturated rings. The lowest BCUT2D eigenvalue weighted by Crippen LogP contribution is -2.19. The van der Waals surface area contributed by atoms with Crippen molar-refractivity contribution < 1.29 is 24.5 Å². The number of carboxylic acids is 1. The Morgan fingerprint density at radius 1 is 1.54 bits per heavy atom. The van der Waals surface area contributed by atoms with Crippen molar-refractivity contribution in [2.75, 3.05) is 6.61 Å². The molecule has 2 N–H and O–H groups in total. The quantitative estimate of drug-likeness (QED) is 0.466. The number of rotatable bonds is 5. The van der Waals surface area contributed by atoms with Crippen LogP contribution >= 0.6 is 0 Å². The lowest BCUT2D eigenvalue weighted by Gasteiger charge is -2.09. The summed E-state index contributed by atoms with van der Waals surface area (Å²) < 4.78 is 4.61. The number of carbonyl (C=O) groups excluding carboxylic acids is 1. The summed E-state index contributed by atoms with van der Waals surface area (Å²) in [4.78, 5) is 21.1. The average molecular weight is 188 g/mol. The molecule has 0 spiro atoms. The van der Waals surface area contributed by atoms with E-state index in [1.54, 1.807) is 0 Å². The van der Waals surface area contributed by atoms with Crippen LogP contribution in [-0.2, 0) is 14.3 Å². The number of carbonyl (C=O) groups is 2. The Bertz CT molecular complexity index is 221. The summed E-state index contributed by atoms with van der Waals surface area (Å²) in [5.41, 5.74) is -0.227. The molecule has 5 heteroatoms. The third kappa shape index (κ3) is 4.97. The highest BCUT2D eigenvalue weighted by molar-refractivity contribution is 5.91. The molecule has 0 aliphatic heterocycles. The maximum Gasteiger partial charge on any atom is 0.331 e. The number of aliphatic hydroxyl groups excluding tert-OH is 1. The van der Waals surface area contributed by atoms with Gasteiger partial charge in [0.05, 0.1) is 13.0 Å². The predicted octanol–water partition coefficient (Wildman–Crippen LogP) is -0.0587. The predicted molar refractivity (Wildman–Crippen MR) is 44.0 cm³/mol. The van der Waals surface area contributed by atoms with Crippen molar-refractivity contribution in [1.29, 1.82) is 0 Å². The normalized spacial score (nSPS) is 11.8. The maximum absolute atomic E-state index is 10.9. The molecule has 5 nitrogen and oxygen atoms in total. The topological polar surface area (TPSA) is 83.8 Å². The van der Waals surface area contributed by atoms with E-state index in [1.807, 2.05) is 0 Å². The molecule has 0 saturated carbocycles. The average Bonchev–Trinajstić information content (AvgIpc) is 2.03. The first-order chi connectivity index (χ1) is 5.97. The van der Waals surface area contributed by atoms with Gasteiger partial charge in [0.25, 0.3) is 0 Å². The molecule has 0 radical (unpaired) electrons. The molecule has 0 amide bonds. The molecule has 1 unspecified atom stereocenters. The third-order valence-corrected chi connectivity index (χ3v) is 1.25. The molecule has 0 heterocycles. The number of hydrogen-bond donors (Lipinski definition) is 2. The summed E-state index contributed by atoms with van der Waals surface area (Å²) in [5.74, 6) is -1.93. The summed E-state index contributed by atoms with van der Waals surface area (Å²) in [7, 11) is 0. The molecule has 0 aromatic heterocycles. The molecule has 0 aromatic rings. The fourth-order valence-corrected chi connectivity index (χ4v) is 0.553. The summed E-state index contributed by atoms with van der Waals surface area (Å²) in [6.45, 7) is 4.38. The van der Waals surface area contributed by atoms with Crippen molar-refractivity contribution in [2.24, 2.45) is 0 Å². The molecule has 1 atom stereocenters. The van der Waals surface area contributed by atoms with E-state index < -0.39 is 18.0 Å². The first kappa shape index (κ1) is 11.6. The van der Waals surface area contributed by atoms with Gasteiger partial charge in [-0.2, -0.15) is 0 Å². The van der Waals surface area contributed by atoms with Crippen molar-refractivity contribution in [3.8, 4) is 0 Å². The Morgan fingerprint density at radius 3 is 2.46 bits per heavy atom. The molecular weight excluding hydrogens is 176 g/mol. The maximum atomic E-state index is 10.9. The van der Waals surface area contributed by atoms with Crippen molar-refractivity contribution in [3.63, 3.8) is 0 Å². The van der Waals surface area contributed by atoms with Gasteiger partial charge in [0, 0.05) is 5.57 Å². The molecule has 13 heavy (non-hydrogen) atoms. The molecule has 0 aliphatic rings. The fourth-order valence-electron chi connectivity index (χ4n) is 0.553. The van der Waals surface area contributed by atoms with Gasteiger partial charge in [-0.25, -0.2) is 4.79 Å². The standard InChI is InChI=1S/C8H12O5/c1-5(8(11)12)3-7(10)13-6(2)4-9/h6,9H,1,3-4H2,2H3,(H,11,12). The van der Waals surface area contributed by atoms with Crippen LogP contribution in [0.15, 0.2) is 12.2 Å². The van der Waals surface area contributed by atoms with Gasteiger partial charge in [-0.3, -0.25) is 4.79 Å². The van der Waals surface area contributed by atoms with Crippen molar-refractivity contribution in [1.82, 2.24) is 0 Å². The van der Waals surface area contributed by atoms with E-state index in [-0.39, 0.29) is 18.6 Å². The van der Waals surface area contributed by atoms with Crippen LogP contribution in [0.1, 0.15) is 13.3 Å². The summed E-state index contributed by atoms with van der Waals surface area (Å²) >= 11 is 0. The molecule has 0 bridgehead atoms. The van der Waals surface area contributed by atoms with Gasteiger partial charge >= 0.3 is 11.9 Å². The largest absolute Gasteiger partial charge is 0.478 e. The Balaban J connectivity index is 3.88. The smallest absolute Gasteiger partial charge is 0.331 e. The summed E-state index contributed by atoms with van der Waals surface area (Å²) in [6.07, 6.45) is -0.978. The first-order valence-corrected chi connectivity index (χ1v) is 3.68. The van der Waals surface area contributed by atoms with Gasteiger partial charge in [0.15, 0.2) is 0 Å². The Morgan fingerprint density at radius 2 is 2.08 bits per heavy atom. The van der Waals surface area contributed by atoms with Crippen LogP contribution in [-0.4, -0.2) is 34.9 Å². The number of hydrogen-bond acceptors (Lipinski definition) is 4. The van der Waals surface area contributed by atoms with Crippen LogP contribution in [0.25, 0.3) is 0 Å². The number of aliphatic hydroxyl groups is 1. The first-order valence-electron chi connectivity index (χ1n) is 3.68. The van der Waals surface area contributed by atoms with E-state index in [9.17, 15) is 9.59 Å². The van der Waals surface area contributed by atoms with Crippen LogP contribution < -0.4 is 0 Å². The molecule has 0 saturated heterocycles. The van der Waals surface area contributed by atoms with Gasteiger partial charge in [-0.1, -0.05) is 6.58 Å². The minimum atomic E-state index is -1.23. The Labute approximate surface area is 75.6 Å². The van der Waals surface area contributed by atoms with Crippen LogP contribution in [0, 0.1) is 0 Å². The second-order valence-electron chi connectivity index (χ2n) is 2.57. The van der Waals surface area contributed by atoms with Crippen LogP contribution in [0.2, 0.25) is 0 Å². The van der Waals surface area contributed by atoms with Gasteiger partial charge in [-0.05, 0) is 6.92 Å². The van der Waals surface area contributed by atoms with E-state index in [0.29, 0.717) is 0 Å². The zero-order chi connectivity index (χ0) is 10.4. The molecule has 0 aliphatic carbocycles. The highest BCUT2D eigenvalue weighted by Gasteiger charge is 2.13. The molecule has 74 valence electrons. The number of esters is 1. The van der Waals surface area contributed by atoms with Crippen molar-refractivity contribution in [2.45, 2.75) is 19.4 Å². The van der Waals surface area contributed by atoms with Crippen LogP contribution in [0.3, 0.4) is 0 Å². The minimum absolute atomic E-state index is 0.227. The van der Waals surface area contributed by atoms with Crippen LogP contribution in [0.5, 0.6) is 0 Å². The lowest BCUT2D eigenvalue weighted by molar-refractivity contribution is -0.150. The molecule has 0 aromatic carbocycles. The van der Waals surface area contributed by atoms with Gasteiger partial charge in [0.2, 0.25) is 0 Å².